The molecule has 5 nitrogen and oxygen atoms in total. The Morgan fingerprint density at radius 2 is 2.12 bits per heavy atom. The summed E-state index contributed by atoms with van der Waals surface area (Å²) in [6.45, 7) is 0. The average molecular weight is 227 g/mol. The minimum absolute atomic E-state index is 0.0616. The van der Waals surface area contributed by atoms with Crippen LogP contribution in [-0.4, -0.2) is 28.0 Å². The number of H-pyrrole nitrogens is 1. The summed E-state index contributed by atoms with van der Waals surface area (Å²) >= 11 is 0. The van der Waals surface area contributed by atoms with Crippen LogP contribution in [0.5, 0.6) is 0 Å². The highest BCUT2D eigenvalue weighted by Gasteiger charge is 2.12. The normalized spacial score (nSPS) is 10.9. The van der Waals surface area contributed by atoms with Gasteiger partial charge < -0.3 is 9.72 Å². The largest absolute Gasteiger partial charge is 0.463 e. The third kappa shape index (κ3) is 1.44. The second kappa shape index (κ2) is 3.55. The number of aromatic nitrogens is 3. The van der Waals surface area contributed by atoms with Crippen molar-refractivity contribution in [2.75, 3.05) is 7.11 Å². The minimum atomic E-state index is -0.537. The standard InChI is InChI=1S/C12H9N3O2/c1-17-12(16)11-13-6-8-7-4-2-3-5-9(7)14-10(8)15-11/h2-6H,1H3,(H,13,14,15). The van der Waals surface area contributed by atoms with Crippen molar-refractivity contribution in [2.45, 2.75) is 0 Å². The van der Waals surface area contributed by atoms with Gasteiger partial charge in [0, 0.05) is 22.5 Å². The molecule has 0 radical (unpaired) electrons. The highest BCUT2D eigenvalue weighted by atomic mass is 16.5. The van der Waals surface area contributed by atoms with Gasteiger partial charge in [-0.3, -0.25) is 0 Å². The Labute approximate surface area is 96.4 Å². The van der Waals surface area contributed by atoms with E-state index in [1.54, 1.807) is 6.20 Å². The van der Waals surface area contributed by atoms with Crippen LogP contribution in [-0.2, 0) is 4.74 Å². The van der Waals surface area contributed by atoms with E-state index in [0.717, 1.165) is 16.3 Å². The first kappa shape index (κ1) is 9.77. The highest BCUT2D eigenvalue weighted by Crippen LogP contribution is 2.22. The molecule has 0 spiro atoms. The zero-order valence-corrected chi connectivity index (χ0v) is 9.10. The van der Waals surface area contributed by atoms with Crippen molar-refractivity contribution in [3.63, 3.8) is 0 Å². The van der Waals surface area contributed by atoms with Crippen molar-refractivity contribution in [3.05, 3.63) is 36.3 Å². The van der Waals surface area contributed by atoms with Crippen LogP contribution in [0.25, 0.3) is 21.9 Å². The van der Waals surface area contributed by atoms with Gasteiger partial charge in [-0.05, 0) is 6.07 Å². The Kier molecular flexibility index (Phi) is 2.04. The molecule has 0 atom stereocenters. The molecule has 0 aliphatic rings. The van der Waals surface area contributed by atoms with Gasteiger partial charge in [0.2, 0.25) is 5.82 Å². The lowest BCUT2D eigenvalue weighted by Gasteiger charge is -1.96. The number of hydrogen-bond acceptors (Lipinski definition) is 4. The maximum Gasteiger partial charge on any atom is 0.376 e. The van der Waals surface area contributed by atoms with Crippen LogP contribution < -0.4 is 0 Å². The van der Waals surface area contributed by atoms with Gasteiger partial charge in [-0.2, -0.15) is 0 Å². The predicted molar refractivity (Wildman–Crippen MR) is 62.7 cm³/mol. The van der Waals surface area contributed by atoms with Crippen molar-refractivity contribution < 1.29 is 9.53 Å². The molecule has 0 amide bonds. The summed E-state index contributed by atoms with van der Waals surface area (Å²) in [5.74, 6) is -0.475. The molecular formula is C12H9N3O2. The van der Waals surface area contributed by atoms with Crippen LogP contribution in [0.15, 0.2) is 30.5 Å². The number of fused-ring (bicyclic) bond motifs is 3. The van der Waals surface area contributed by atoms with Gasteiger partial charge in [0.1, 0.15) is 5.65 Å². The Morgan fingerprint density at radius 1 is 1.29 bits per heavy atom. The lowest BCUT2D eigenvalue weighted by molar-refractivity contribution is 0.0587. The molecule has 0 aliphatic carbocycles. The Balaban J connectivity index is 2.30. The van der Waals surface area contributed by atoms with Gasteiger partial charge in [-0.15, -0.1) is 0 Å². The second-order valence-electron chi connectivity index (χ2n) is 3.62. The van der Waals surface area contributed by atoms with Crippen LogP contribution in [0.2, 0.25) is 0 Å². The molecule has 0 saturated heterocycles. The van der Waals surface area contributed by atoms with Gasteiger partial charge in [-0.1, -0.05) is 18.2 Å². The SMILES string of the molecule is COC(=O)c1ncc2c(n1)[nH]c1ccccc12. The average Bonchev–Trinajstić information content (AvgIpc) is 2.75. The molecule has 3 aromatic rings. The monoisotopic (exact) mass is 227 g/mol. The lowest BCUT2D eigenvalue weighted by atomic mass is 10.2. The van der Waals surface area contributed by atoms with Crippen molar-refractivity contribution in [3.8, 4) is 0 Å². The first-order valence-corrected chi connectivity index (χ1v) is 5.11. The Bertz CT molecular complexity index is 718. The number of aromatic amines is 1. The summed E-state index contributed by atoms with van der Waals surface area (Å²) in [5, 5.41) is 1.94. The molecule has 1 aromatic carbocycles. The van der Waals surface area contributed by atoms with Gasteiger partial charge in [0.05, 0.1) is 7.11 Å². The maximum absolute atomic E-state index is 11.3. The summed E-state index contributed by atoms with van der Waals surface area (Å²) in [5.41, 5.74) is 1.61. The van der Waals surface area contributed by atoms with E-state index in [1.807, 2.05) is 24.3 Å². The number of nitrogens with one attached hydrogen (secondary N) is 1. The van der Waals surface area contributed by atoms with E-state index in [1.165, 1.54) is 7.11 Å². The molecule has 17 heavy (non-hydrogen) atoms. The number of para-hydroxylation sites is 1. The first-order chi connectivity index (χ1) is 8.29. The molecule has 2 aromatic heterocycles. The summed E-state index contributed by atoms with van der Waals surface area (Å²) in [6.07, 6.45) is 1.63. The van der Waals surface area contributed by atoms with Gasteiger partial charge >= 0.3 is 5.97 Å². The van der Waals surface area contributed by atoms with Crippen molar-refractivity contribution >= 4 is 27.9 Å². The fraction of sp³-hybridized carbons (Fsp3) is 0.0833. The smallest absolute Gasteiger partial charge is 0.376 e. The van der Waals surface area contributed by atoms with Crippen LogP contribution in [0.4, 0.5) is 0 Å². The van der Waals surface area contributed by atoms with Crippen molar-refractivity contribution in [2.24, 2.45) is 0 Å². The van der Waals surface area contributed by atoms with Gasteiger partial charge in [0.25, 0.3) is 0 Å². The van der Waals surface area contributed by atoms with E-state index in [2.05, 4.69) is 19.7 Å². The van der Waals surface area contributed by atoms with E-state index < -0.39 is 5.97 Å². The third-order valence-corrected chi connectivity index (χ3v) is 2.63. The van der Waals surface area contributed by atoms with Crippen molar-refractivity contribution in [1.82, 2.24) is 15.0 Å². The van der Waals surface area contributed by atoms with Crippen LogP contribution in [0.1, 0.15) is 10.6 Å². The van der Waals surface area contributed by atoms with E-state index in [9.17, 15) is 4.79 Å². The molecule has 2 heterocycles. The molecule has 0 saturated carbocycles. The van der Waals surface area contributed by atoms with Gasteiger partial charge in [0.15, 0.2) is 0 Å². The zero-order valence-electron chi connectivity index (χ0n) is 9.10. The first-order valence-electron chi connectivity index (χ1n) is 5.11. The molecule has 0 aliphatic heterocycles. The predicted octanol–water partition coefficient (Wildman–Crippen LogP) is 1.90. The van der Waals surface area contributed by atoms with Crippen LogP contribution in [0, 0.1) is 0 Å². The number of carbonyl (C=O) groups is 1. The molecule has 3 rings (SSSR count). The number of hydrogen-bond donors (Lipinski definition) is 1. The van der Waals surface area contributed by atoms with E-state index in [0.29, 0.717) is 5.65 Å². The quantitative estimate of drug-likeness (QED) is 0.644. The van der Waals surface area contributed by atoms with Gasteiger partial charge in [-0.25, -0.2) is 14.8 Å². The molecule has 0 fully saturated rings. The maximum atomic E-state index is 11.3. The molecular weight excluding hydrogens is 218 g/mol. The number of methoxy groups -OCH3 is 1. The molecule has 0 bridgehead atoms. The fourth-order valence-corrected chi connectivity index (χ4v) is 1.82. The van der Waals surface area contributed by atoms with Crippen molar-refractivity contribution in [1.29, 1.82) is 0 Å². The minimum Gasteiger partial charge on any atom is -0.463 e. The summed E-state index contributed by atoms with van der Waals surface area (Å²) in [4.78, 5) is 22.6. The van der Waals surface area contributed by atoms with E-state index >= 15 is 0 Å². The molecule has 84 valence electrons. The van der Waals surface area contributed by atoms with Crippen LogP contribution >= 0.6 is 0 Å². The van der Waals surface area contributed by atoms with E-state index in [4.69, 9.17) is 0 Å². The second-order valence-corrected chi connectivity index (χ2v) is 3.62. The number of esters is 1. The molecule has 5 heteroatoms. The molecule has 1 N–H and O–H groups in total. The zero-order chi connectivity index (χ0) is 11.8. The number of rotatable bonds is 1. The molecule has 0 unspecified atom stereocenters. The summed E-state index contributed by atoms with van der Waals surface area (Å²) in [6, 6.07) is 7.82. The fourth-order valence-electron chi connectivity index (χ4n) is 1.82. The number of carbonyl (C=O) groups excluding carboxylic acids is 1. The Hall–Kier alpha value is -2.43. The summed E-state index contributed by atoms with van der Waals surface area (Å²) in [7, 11) is 1.31. The van der Waals surface area contributed by atoms with E-state index in [-0.39, 0.29) is 5.82 Å². The highest BCUT2D eigenvalue weighted by molar-refractivity contribution is 6.05. The van der Waals surface area contributed by atoms with Crippen LogP contribution in [0.3, 0.4) is 0 Å². The summed E-state index contributed by atoms with van der Waals surface area (Å²) < 4.78 is 4.58. The number of benzene rings is 1. The topological polar surface area (TPSA) is 67.9 Å². The number of nitrogens with zero attached hydrogens (tertiary/aromatic N) is 2. The Morgan fingerprint density at radius 3 is 2.94 bits per heavy atom. The number of ether oxygens (including phenoxy) is 1. The third-order valence-electron chi connectivity index (χ3n) is 2.63. The lowest BCUT2D eigenvalue weighted by Crippen LogP contribution is -2.06.